The van der Waals surface area contributed by atoms with Gasteiger partial charge in [-0.3, -0.25) is 0 Å². The van der Waals surface area contributed by atoms with E-state index in [0.29, 0.717) is 24.2 Å². The molecule has 0 bridgehead atoms. The van der Waals surface area contributed by atoms with E-state index < -0.39 is 6.29 Å². The third kappa shape index (κ3) is 3.55. The predicted molar refractivity (Wildman–Crippen MR) is 98.3 cm³/mol. The van der Waals surface area contributed by atoms with E-state index in [1.54, 1.807) is 10.6 Å². The molecule has 1 fully saturated rings. The Hall–Kier alpha value is -3.01. The van der Waals surface area contributed by atoms with Crippen LogP contribution >= 0.6 is 0 Å². The topological polar surface area (TPSA) is 82.8 Å². The lowest BCUT2D eigenvalue weighted by Crippen LogP contribution is -2.25. The minimum Gasteiger partial charge on any atom is -0.395 e. The summed E-state index contributed by atoms with van der Waals surface area (Å²) in [7, 11) is 0. The van der Waals surface area contributed by atoms with Crippen LogP contribution in [0.4, 0.5) is 14.7 Å². The first kappa shape index (κ1) is 18.0. The standard InChI is InChI=1S/C19H19F2N5O3/c1-11-8-14(13-4-6-27-7-5-13)26-18(23-11)24-17(25-26)22-10-12-2-3-15-16(9-12)29-19(20,21)28-15/h2-3,8-9,13H,4-7,10H2,1H3,(H,22,25). The molecular weight excluding hydrogens is 384 g/mol. The van der Waals surface area contributed by atoms with Crippen LogP contribution in [0.25, 0.3) is 5.78 Å². The molecule has 1 aromatic carbocycles. The van der Waals surface area contributed by atoms with Crippen molar-refractivity contribution in [3.63, 3.8) is 0 Å². The molecule has 2 aromatic heterocycles. The van der Waals surface area contributed by atoms with Gasteiger partial charge in [-0.2, -0.15) is 9.50 Å². The van der Waals surface area contributed by atoms with Crippen molar-refractivity contribution >= 4 is 11.7 Å². The zero-order valence-electron chi connectivity index (χ0n) is 15.7. The summed E-state index contributed by atoms with van der Waals surface area (Å²) >= 11 is 0. The average Bonchev–Trinajstić information content (AvgIpc) is 3.24. The zero-order valence-corrected chi connectivity index (χ0v) is 15.7. The van der Waals surface area contributed by atoms with Crippen molar-refractivity contribution in [1.82, 2.24) is 19.6 Å². The average molecular weight is 403 g/mol. The second kappa shape index (κ2) is 6.80. The normalized spacial score (nSPS) is 18.3. The third-order valence-electron chi connectivity index (χ3n) is 5.02. The van der Waals surface area contributed by atoms with Crippen LogP contribution in [0.15, 0.2) is 24.3 Å². The lowest BCUT2D eigenvalue weighted by Gasteiger charge is -2.22. The number of nitrogens with zero attached hydrogens (tertiary/aromatic N) is 4. The summed E-state index contributed by atoms with van der Waals surface area (Å²) in [6.45, 7) is 3.74. The molecule has 29 heavy (non-hydrogen) atoms. The number of halogens is 2. The molecule has 0 aliphatic carbocycles. The fourth-order valence-corrected chi connectivity index (χ4v) is 3.66. The lowest BCUT2D eigenvalue weighted by atomic mass is 9.96. The molecule has 0 amide bonds. The highest BCUT2D eigenvalue weighted by Gasteiger charge is 2.43. The van der Waals surface area contributed by atoms with Gasteiger partial charge in [-0.05, 0) is 43.5 Å². The van der Waals surface area contributed by atoms with Crippen LogP contribution in [0.3, 0.4) is 0 Å². The SMILES string of the molecule is Cc1cc(C2CCOCC2)n2nc(NCc3ccc4c(c3)OC(F)(F)O4)nc2n1. The number of hydrogen-bond donors (Lipinski definition) is 1. The summed E-state index contributed by atoms with van der Waals surface area (Å²) in [6.07, 6.45) is -1.76. The van der Waals surface area contributed by atoms with Crippen molar-refractivity contribution in [1.29, 1.82) is 0 Å². The smallest absolute Gasteiger partial charge is 0.395 e. The Bertz CT molecular complexity index is 1070. The molecular formula is C19H19F2N5O3. The third-order valence-corrected chi connectivity index (χ3v) is 5.02. The van der Waals surface area contributed by atoms with Crippen LogP contribution in [0, 0.1) is 6.92 Å². The quantitative estimate of drug-likeness (QED) is 0.716. The van der Waals surface area contributed by atoms with Gasteiger partial charge >= 0.3 is 6.29 Å². The molecule has 4 heterocycles. The molecule has 152 valence electrons. The van der Waals surface area contributed by atoms with E-state index in [9.17, 15) is 8.78 Å². The van der Waals surface area contributed by atoms with Crippen molar-refractivity contribution in [2.75, 3.05) is 18.5 Å². The molecule has 2 aliphatic rings. The molecule has 10 heteroatoms. The zero-order chi connectivity index (χ0) is 20.0. The van der Waals surface area contributed by atoms with Crippen molar-refractivity contribution in [3.8, 4) is 11.5 Å². The first-order chi connectivity index (χ1) is 14.0. The number of ether oxygens (including phenoxy) is 3. The van der Waals surface area contributed by atoms with Crippen molar-refractivity contribution in [3.05, 3.63) is 41.2 Å². The summed E-state index contributed by atoms with van der Waals surface area (Å²) in [5.41, 5.74) is 2.69. The number of hydrogen-bond acceptors (Lipinski definition) is 7. The monoisotopic (exact) mass is 403 g/mol. The van der Waals surface area contributed by atoms with E-state index in [4.69, 9.17) is 4.74 Å². The number of rotatable bonds is 4. The number of aromatic nitrogens is 4. The van der Waals surface area contributed by atoms with Crippen LogP contribution in [-0.4, -0.2) is 39.1 Å². The van der Waals surface area contributed by atoms with Gasteiger partial charge in [-0.15, -0.1) is 13.9 Å². The highest BCUT2D eigenvalue weighted by Crippen LogP contribution is 2.41. The fraction of sp³-hybridized carbons (Fsp3) is 0.421. The molecule has 1 saturated heterocycles. The number of benzene rings is 1. The molecule has 3 aromatic rings. The van der Waals surface area contributed by atoms with E-state index in [1.165, 1.54) is 12.1 Å². The minimum atomic E-state index is -3.62. The van der Waals surface area contributed by atoms with Crippen molar-refractivity contribution < 1.29 is 23.0 Å². The maximum Gasteiger partial charge on any atom is 0.586 e. The van der Waals surface area contributed by atoms with Crippen LogP contribution in [0.1, 0.15) is 35.7 Å². The van der Waals surface area contributed by atoms with Gasteiger partial charge in [0.1, 0.15) is 0 Å². The minimum absolute atomic E-state index is 0.0105. The summed E-state index contributed by atoms with van der Waals surface area (Å²) < 4.78 is 42.5. The van der Waals surface area contributed by atoms with Gasteiger partial charge in [0.15, 0.2) is 11.5 Å². The molecule has 0 radical (unpaired) electrons. The molecule has 0 spiro atoms. The molecule has 2 aliphatic heterocycles. The van der Waals surface area contributed by atoms with E-state index in [-0.39, 0.29) is 11.5 Å². The van der Waals surface area contributed by atoms with Gasteiger partial charge in [-0.25, -0.2) is 4.98 Å². The largest absolute Gasteiger partial charge is 0.586 e. The van der Waals surface area contributed by atoms with E-state index >= 15 is 0 Å². The number of aryl methyl sites for hydroxylation is 1. The van der Waals surface area contributed by atoms with E-state index in [0.717, 1.165) is 43.0 Å². The maximum absolute atomic E-state index is 13.2. The Morgan fingerprint density at radius 2 is 1.93 bits per heavy atom. The number of nitrogens with one attached hydrogen (secondary N) is 1. The van der Waals surface area contributed by atoms with Crippen LogP contribution in [-0.2, 0) is 11.3 Å². The predicted octanol–water partition coefficient (Wildman–Crippen LogP) is 3.26. The summed E-state index contributed by atoms with van der Waals surface area (Å²) in [5.74, 6) is 1.32. The Morgan fingerprint density at radius 1 is 1.14 bits per heavy atom. The highest BCUT2D eigenvalue weighted by atomic mass is 19.3. The Labute approximate surface area is 164 Å². The van der Waals surface area contributed by atoms with Gasteiger partial charge < -0.3 is 19.5 Å². The van der Waals surface area contributed by atoms with Crippen LogP contribution < -0.4 is 14.8 Å². The summed E-state index contributed by atoms with van der Waals surface area (Å²) in [5, 5.41) is 7.68. The first-order valence-corrected chi connectivity index (χ1v) is 9.41. The van der Waals surface area contributed by atoms with E-state index in [2.05, 4.69) is 29.9 Å². The Kier molecular flexibility index (Phi) is 4.23. The lowest BCUT2D eigenvalue weighted by molar-refractivity contribution is -0.286. The first-order valence-electron chi connectivity index (χ1n) is 9.41. The van der Waals surface area contributed by atoms with Gasteiger partial charge in [0.25, 0.3) is 5.78 Å². The summed E-state index contributed by atoms with van der Waals surface area (Å²) in [6, 6.07) is 6.69. The molecule has 0 unspecified atom stereocenters. The van der Waals surface area contributed by atoms with Gasteiger partial charge in [0, 0.05) is 31.4 Å². The van der Waals surface area contributed by atoms with Crippen LogP contribution in [0.2, 0.25) is 0 Å². The van der Waals surface area contributed by atoms with Crippen molar-refractivity contribution in [2.24, 2.45) is 0 Å². The van der Waals surface area contributed by atoms with Gasteiger partial charge in [0.2, 0.25) is 5.95 Å². The maximum atomic E-state index is 13.2. The van der Waals surface area contributed by atoms with Gasteiger partial charge in [-0.1, -0.05) is 6.07 Å². The second-order valence-electron chi connectivity index (χ2n) is 7.16. The second-order valence-corrected chi connectivity index (χ2v) is 7.16. The molecule has 1 N–H and O–H groups in total. The Balaban J connectivity index is 1.36. The molecule has 0 atom stereocenters. The molecule has 8 nitrogen and oxygen atoms in total. The van der Waals surface area contributed by atoms with Gasteiger partial charge in [0.05, 0.1) is 5.69 Å². The molecule has 5 rings (SSSR count). The molecule has 0 saturated carbocycles. The Morgan fingerprint density at radius 3 is 2.76 bits per heavy atom. The highest BCUT2D eigenvalue weighted by molar-refractivity contribution is 5.46. The van der Waals surface area contributed by atoms with E-state index in [1.807, 2.05) is 13.0 Å². The fourth-order valence-electron chi connectivity index (χ4n) is 3.66. The number of fused-ring (bicyclic) bond motifs is 2. The van der Waals surface area contributed by atoms with Crippen molar-refractivity contribution in [2.45, 2.75) is 38.5 Å². The number of alkyl halides is 2. The number of anilines is 1. The van der Waals surface area contributed by atoms with Crippen LogP contribution in [0.5, 0.6) is 11.5 Å². The summed E-state index contributed by atoms with van der Waals surface area (Å²) in [4.78, 5) is 8.93.